The van der Waals surface area contributed by atoms with E-state index in [4.69, 9.17) is 23.1 Å². The van der Waals surface area contributed by atoms with Crippen LogP contribution < -0.4 is 16.8 Å². The third kappa shape index (κ3) is 2.52. The summed E-state index contributed by atoms with van der Waals surface area (Å²) in [5.41, 5.74) is 15.4. The molecule has 5 N–H and O–H groups in total. The molecule has 2 aliphatic rings. The van der Waals surface area contributed by atoms with Gasteiger partial charge in [-0.2, -0.15) is 0 Å². The van der Waals surface area contributed by atoms with E-state index < -0.39 is 5.41 Å². The van der Waals surface area contributed by atoms with E-state index in [1.807, 2.05) is 18.2 Å². The smallest absolute Gasteiger partial charge is 0.242 e. The highest BCUT2D eigenvalue weighted by atomic mass is 35.5. The zero-order valence-corrected chi connectivity index (χ0v) is 16.8. The number of nitrogen functional groups attached to an aromatic ring is 1. The minimum absolute atomic E-state index is 0.251. The molecular formula is C21H22ClN5O. The minimum atomic E-state index is -1.08. The molecular weight excluding hydrogens is 374 g/mol. The molecule has 7 heteroatoms. The van der Waals surface area contributed by atoms with Gasteiger partial charge >= 0.3 is 0 Å². The number of halogens is 1. The first-order chi connectivity index (χ1) is 13.3. The Morgan fingerprint density at radius 3 is 2.86 bits per heavy atom. The Labute approximate surface area is 168 Å². The number of anilines is 2. The van der Waals surface area contributed by atoms with Crippen LogP contribution in [0.2, 0.25) is 5.02 Å². The van der Waals surface area contributed by atoms with Gasteiger partial charge in [0, 0.05) is 16.3 Å². The van der Waals surface area contributed by atoms with E-state index in [1.165, 1.54) is 0 Å². The van der Waals surface area contributed by atoms with Crippen LogP contribution in [0.1, 0.15) is 55.6 Å². The van der Waals surface area contributed by atoms with Gasteiger partial charge in [0.1, 0.15) is 17.1 Å². The van der Waals surface area contributed by atoms with Crippen LogP contribution in [0.15, 0.2) is 36.0 Å². The molecule has 2 aromatic rings. The van der Waals surface area contributed by atoms with Crippen molar-refractivity contribution in [2.45, 2.75) is 38.5 Å². The topological polar surface area (TPSA) is 107 Å². The molecule has 1 amide bonds. The number of nitrogens with two attached hydrogens (primary N) is 2. The van der Waals surface area contributed by atoms with Crippen molar-refractivity contribution in [3.8, 4) is 0 Å². The predicted octanol–water partition coefficient (Wildman–Crippen LogP) is 3.72. The first-order valence-electron chi connectivity index (χ1n) is 9.19. The Hall–Kier alpha value is -2.86. The highest BCUT2D eigenvalue weighted by Crippen LogP contribution is 2.44. The summed E-state index contributed by atoms with van der Waals surface area (Å²) in [5.74, 6) is 1.24. The molecule has 1 aromatic carbocycles. The number of benzene rings is 1. The van der Waals surface area contributed by atoms with Gasteiger partial charge in [-0.05, 0) is 49.4 Å². The molecule has 4 rings (SSSR count). The normalized spacial score (nSPS) is 23.7. The summed E-state index contributed by atoms with van der Waals surface area (Å²) in [6.45, 7) is 5.68. The summed E-state index contributed by atoms with van der Waals surface area (Å²) in [5, 5.41) is 3.53. The van der Waals surface area contributed by atoms with Gasteiger partial charge in [-0.15, -0.1) is 0 Å². The fourth-order valence-electron chi connectivity index (χ4n) is 4.02. The van der Waals surface area contributed by atoms with Crippen LogP contribution in [0.3, 0.4) is 0 Å². The summed E-state index contributed by atoms with van der Waals surface area (Å²) in [6.07, 6.45) is 4.66. The molecule has 6 nitrogen and oxygen atoms in total. The standard InChI is InChI=1S/C21H22ClN5O/c1-4-15(23)21(3)16-17(24)25-18(26-19(16)27-20(21)28)13-7-5-10(2)14-9-11(22)6-8-12(13)14/h4,6-10H,5,23H2,1-3H3,(H3,24,25,26,27,28)/b15-4-. The molecule has 0 saturated heterocycles. The van der Waals surface area contributed by atoms with Crippen LogP contribution in [0.5, 0.6) is 0 Å². The van der Waals surface area contributed by atoms with E-state index >= 15 is 0 Å². The number of hydrogen-bond acceptors (Lipinski definition) is 5. The SMILES string of the molecule is C/C=C(\N)C1(C)C(=O)Nc2nc(C3=CCC(C)c4cc(Cl)ccc43)nc(N)c21. The molecule has 0 spiro atoms. The van der Waals surface area contributed by atoms with Crippen LogP contribution in [0.4, 0.5) is 11.6 Å². The van der Waals surface area contributed by atoms with Crippen molar-refractivity contribution in [3.63, 3.8) is 0 Å². The molecule has 2 heterocycles. The minimum Gasteiger partial charge on any atom is -0.401 e. The second kappa shape index (κ2) is 6.34. The first kappa shape index (κ1) is 18.5. The maximum absolute atomic E-state index is 12.7. The lowest BCUT2D eigenvalue weighted by atomic mass is 9.81. The van der Waals surface area contributed by atoms with Crippen LogP contribution in [0.25, 0.3) is 5.57 Å². The van der Waals surface area contributed by atoms with Crippen LogP contribution in [0, 0.1) is 0 Å². The Kier molecular flexibility index (Phi) is 4.19. The average molecular weight is 396 g/mol. The largest absolute Gasteiger partial charge is 0.401 e. The predicted molar refractivity (Wildman–Crippen MR) is 112 cm³/mol. The van der Waals surface area contributed by atoms with Crippen LogP contribution >= 0.6 is 11.6 Å². The highest BCUT2D eigenvalue weighted by Gasteiger charge is 2.48. The number of amides is 1. The molecule has 144 valence electrons. The lowest BCUT2D eigenvalue weighted by Crippen LogP contribution is -2.37. The molecule has 2 atom stereocenters. The number of carbonyl (C=O) groups is 1. The summed E-state index contributed by atoms with van der Waals surface area (Å²) in [6, 6.07) is 5.82. The Balaban J connectivity index is 1.87. The Bertz CT molecular complexity index is 1070. The molecule has 1 aromatic heterocycles. The van der Waals surface area contributed by atoms with Crippen molar-refractivity contribution in [2.75, 3.05) is 11.1 Å². The fraction of sp³-hybridized carbons (Fsp3) is 0.286. The maximum Gasteiger partial charge on any atom is 0.242 e. The third-order valence-electron chi connectivity index (χ3n) is 5.76. The van der Waals surface area contributed by atoms with E-state index in [9.17, 15) is 4.79 Å². The number of carbonyl (C=O) groups excluding carboxylic acids is 1. The van der Waals surface area contributed by atoms with Crippen molar-refractivity contribution in [1.82, 2.24) is 9.97 Å². The highest BCUT2D eigenvalue weighted by molar-refractivity contribution is 6.30. The number of fused-ring (bicyclic) bond motifs is 2. The maximum atomic E-state index is 12.7. The van der Waals surface area contributed by atoms with Gasteiger partial charge in [0.25, 0.3) is 0 Å². The second-order valence-corrected chi connectivity index (χ2v) is 7.90. The van der Waals surface area contributed by atoms with Gasteiger partial charge in [0.05, 0.1) is 5.56 Å². The van der Waals surface area contributed by atoms with Crippen LogP contribution in [-0.2, 0) is 10.2 Å². The van der Waals surface area contributed by atoms with Crippen molar-refractivity contribution in [2.24, 2.45) is 5.73 Å². The number of nitrogens with one attached hydrogen (secondary N) is 1. The van der Waals surface area contributed by atoms with Gasteiger partial charge in [-0.3, -0.25) is 4.79 Å². The molecule has 0 fully saturated rings. The lowest BCUT2D eigenvalue weighted by Gasteiger charge is -2.24. The van der Waals surface area contributed by atoms with Crippen LogP contribution in [-0.4, -0.2) is 15.9 Å². The third-order valence-corrected chi connectivity index (χ3v) is 6.00. The number of hydrogen-bond donors (Lipinski definition) is 3. The molecule has 1 aliphatic carbocycles. The summed E-state index contributed by atoms with van der Waals surface area (Å²) in [7, 11) is 0. The van der Waals surface area contributed by atoms with Gasteiger partial charge in [0.2, 0.25) is 5.91 Å². The summed E-state index contributed by atoms with van der Waals surface area (Å²) >= 11 is 6.19. The molecule has 2 unspecified atom stereocenters. The molecule has 28 heavy (non-hydrogen) atoms. The van der Waals surface area contributed by atoms with E-state index in [0.29, 0.717) is 33.8 Å². The van der Waals surface area contributed by atoms with Gasteiger partial charge in [-0.25, -0.2) is 9.97 Å². The quantitative estimate of drug-likeness (QED) is 0.718. The van der Waals surface area contributed by atoms with E-state index in [1.54, 1.807) is 19.9 Å². The van der Waals surface area contributed by atoms with Gasteiger partial charge < -0.3 is 16.8 Å². The van der Waals surface area contributed by atoms with E-state index in [2.05, 4.69) is 28.3 Å². The number of nitrogens with zero attached hydrogens (tertiary/aromatic N) is 2. The van der Waals surface area contributed by atoms with Crippen molar-refractivity contribution in [1.29, 1.82) is 0 Å². The lowest BCUT2D eigenvalue weighted by molar-refractivity contribution is -0.119. The number of rotatable bonds is 2. The monoisotopic (exact) mass is 395 g/mol. The second-order valence-electron chi connectivity index (χ2n) is 7.47. The fourth-order valence-corrected chi connectivity index (χ4v) is 4.20. The average Bonchev–Trinajstić information content (AvgIpc) is 2.93. The van der Waals surface area contributed by atoms with Gasteiger partial charge in [0.15, 0.2) is 5.82 Å². The van der Waals surface area contributed by atoms with Crippen molar-refractivity contribution in [3.05, 3.63) is 63.6 Å². The van der Waals surface area contributed by atoms with Crippen molar-refractivity contribution >= 4 is 34.7 Å². The zero-order valence-electron chi connectivity index (χ0n) is 16.0. The Morgan fingerprint density at radius 1 is 1.39 bits per heavy atom. The zero-order chi connectivity index (χ0) is 20.2. The number of allylic oxidation sites excluding steroid dienone is 2. The molecule has 0 saturated carbocycles. The van der Waals surface area contributed by atoms with Crippen molar-refractivity contribution < 1.29 is 4.79 Å². The molecule has 1 aliphatic heterocycles. The summed E-state index contributed by atoms with van der Waals surface area (Å²) < 4.78 is 0. The molecule has 0 radical (unpaired) electrons. The summed E-state index contributed by atoms with van der Waals surface area (Å²) in [4.78, 5) is 21.9. The van der Waals surface area contributed by atoms with E-state index in [0.717, 1.165) is 23.1 Å². The number of aromatic nitrogens is 2. The first-order valence-corrected chi connectivity index (χ1v) is 9.57. The van der Waals surface area contributed by atoms with E-state index in [-0.39, 0.29) is 11.7 Å². The molecule has 0 bridgehead atoms. The Morgan fingerprint density at radius 2 is 2.14 bits per heavy atom. The van der Waals surface area contributed by atoms with Gasteiger partial charge in [-0.1, -0.05) is 36.7 Å².